The molecule has 0 radical (unpaired) electrons. The molecule has 0 aliphatic heterocycles. The Balaban J connectivity index is 2.14. The fraction of sp³-hybridized carbons (Fsp3) is 0.562. The fourth-order valence-electron chi connectivity index (χ4n) is 2.92. The number of rotatable bonds is 4. The zero-order valence-electron chi connectivity index (χ0n) is 11.9. The first-order valence-electron chi connectivity index (χ1n) is 7.26. The van der Waals surface area contributed by atoms with Crippen LogP contribution in [0.5, 0.6) is 0 Å². The Kier molecular flexibility index (Phi) is 4.59. The smallest absolute Gasteiger partial charge is 0.239 e. The number of nitrogens with zero attached hydrogens (tertiary/aromatic N) is 1. The van der Waals surface area contributed by atoms with Gasteiger partial charge in [-0.15, -0.1) is 0 Å². The Hall–Kier alpha value is -1.35. The highest BCUT2D eigenvalue weighted by Crippen LogP contribution is 2.25. The van der Waals surface area contributed by atoms with Crippen molar-refractivity contribution in [1.29, 1.82) is 0 Å². The number of benzene rings is 1. The Morgan fingerprint density at radius 2 is 2.11 bits per heavy atom. The molecule has 19 heavy (non-hydrogen) atoms. The van der Waals surface area contributed by atoms with Gasteiger partial charge >= 0.3 is 0 Å². The molecule has 0 fully saturated rings. The molecule has 104 valence electrons. The lowest BCUT2D eigenvalue weighted by Crippen LogP contribution is -2.49. The van der Waals surface area contributed by atoms with Crippen molar-refractivity contribution >= 4 is 5.91 Å². The number of carbonyl (C=O) groups excluding carboxylic acids is 1. The van der Waals surface area contributed by atoms with Gasteiger partial charge in [-0.3, -0.25) is 4.79 Å². The van der Waals surface area contributed by atoms with Crippen LogP contribution in [0.1, 0.15) is 37.8 Å². The fourth-order valence-corrected chi connectivity index (χ4v) is 2.92. The second-order valence-corrected chi connectivity index (χ2v) is 5.49. The number of aryl methyl sites for hydroxylation is 1. The van der Waals surface area contributed by atoms with E-state index in [1.165, 1.54) is 11.1 Å². The van der Waals surface area contributed by atoms with Gasteiger partial charge < -0.3 is 10.6 Å². The van der Waals surface area contributed by atoms with Crippen molar-refractivity contribution in [3.05, 3.63) is 35.4 Å². The van der Waals surface area contributed by atoms with Crippen LogP contribution < -0.4 is 5.73 Å². The molecule has 0 saturated heterocycles. The Bertz CT molecular complexity index is 442. The predicted molar refractivity (Wildman–Crippen MR) is 77.9 cm³/mol. The van der Waals surface area contributed by atoms with Crippen LogP contribution in [0, 0.1) is 0 Å². The SMILES string of the molecule is CCCN(C(=O)[C@H](C)N)[C@H]1CCc2ccccc2C1. The molecule has 0 spiro atoms. The highest BCUT2D eigenvalue weighted by atomic mass is 16.2. The number of nitrogens with two attached hydrogens (primary N) is 1. The number of carbonyl (C=O) groups is 1. The van der Waals surface area contributed by atoms with Crippen LogP contribution >= 0.6 is 0 Å². The summed E-state index contributed by atoms with van der Waals surface area (Å²) in [6.07, 6.45) is 4.06. The van der Waals surface area contributed by atoms with Crippen molar-refractivity contribution in [2.75, 3.05) is 6.54 Å². The molecule has 0 heterocycles. The molecule has 3 heteroatoms. The number of fused-ring (bicyclic) bond motifs is 1. The normalized spacial score (nSPS) is 19.6. The molecule has 1 aromatic carbocycles. The maximum Gasteiger partial charge on any atom is 0.239 e. The minimum absolute atomic E-state index is 0.0891. The van der Waals surface area contributed by atoms with Gasteiger partial charge in [0.1, 0.15) is 0 Å². The predicted octanol–water partition coefficient (Wildman–Crippen LogP) is 2.13. The highest BCUT2D eigenvalue weighted by molar-refractivity contribution is 5.81. The van der Waals surface area contributed by atoms with E-state index in [1.54, 1.807) is 6.92 Å². The number of amides is 1. The van der Waals surface area contributed by atoms with Gasteiger partial charge in [0.05, 0.1) is 6.04 Å². The van der Waals surface area contributed by atoms with E-state index in [4.69, 9.17) is 5.73 Å². The van der Waals surface area contributed by atoms with Gasteiger partial charge in [0, 0.05) is 12.6 Å². The molecule has 1 aliphatic carbocycles. The summed E-state index contributed by atoms with van der Waals surface area (Å²) in [5.74, 6) is 0.0891. The van der Waals surface area contributed by atoms with Crippen LogP contribution in [0.15, 0.2) is 24.3 Å². The van der Waals surface area contributed by atoms with E-state index >= 15 is 0 Å². The Labute approximate surface area is 115 Å². The zero-order valence-corrected chi connectivity index (χ0v) is 11.9. The maximum atomic E-state index is 12.2. The van der Waals surface area contributed by atoms with Gasteiger partial charge in [-0.25, -0.2) is 0 Å². The van der Waals surface area contributed by atoms with Crippen molar-refractivity contribution in [3.8, 4) is 0 Å². The van der Waals surface area contributed by atoms with E-state index in [1.807, 2.05) is 4.90 Å². The van der Waals surface area contributed by atoms with Gasteiger partial charge in [-0.1, -0.05) is 31.2 Å². The average Bonchev–Trinajstić information content (AvgIpc) is 2.43. The molecule has 3 nitrogen and oxygen atoms in total. The van der Waals surface area contributed by atoms with Crippen LogP contribution in [0.4, 0.5) is 0 Å². The van der Waals surface area contributed by atoms with Crippen LogP contribution in [0.2, 0.25) is 0 Å². The quantitative estimate of drug-likeness (QED) is 0.901. The molecule has 0 unspecified atom stereocenters. The molecule has 0 aromatic heterocycles. The summed E-state index contributed by atoms with van der Waals surface area (Å²) >= 11 is 0. The average molecular weight is 260 g/mol. The Morgan fingerprint density at radius 1 is 1.42 bits per heavy atom. The van der Waals surface area contributed by atoms with Gasteiger partial charge in [-0.05, 0) is 43.7 Å². The largest absolute Gasteiger partial charge is 0.338 e. The van der Waals surface area contributed by atoms with Gasteiger partial charge in [-0.2, -0.15) is 0 Å². The van der Waals surface area contributed by atoms with E-state index in [9.17, 15) is 4.79 Å². The third-order valence-corrected chi connectivity index (χ3v) is 3.90. The maximum absolute atomic E-state index is 12.2. The summed E-state index contributed by atoms with van der Waals surface area (Å²) in [5.41, 5.74) is 8.60. The summed E-state index contributed by atoms with van der Waals surface area (Å²) in [6.45, 7) is 4.70. The molecular formula is C16H24N2O. The summed E-state index contributed by atoms with van der Waals surface area (Å²) in [4.78, 5) is 14.2. The number of hydrogen-bond donors (Lipinski definition) is 1. The molecular weight excluding hydrogens is 236 g/mol. The molecule has 0 saturated carbocycles. The van der Waals surface area contributed by atoms with Crippen LogP contribution in [-0.2, 0) is 17.6 Å². The third-order valence-electron chi connectivity index (χ3n) is 3.90. The van der Waals surface area contributed by atoms with E-state index in [0.29, 0.717) is 6.04 Å². The van der Waals surface area contributed by atoms with Gasteiger partial charge in [0.15, 0.2) is 0 Å². The zero-order chi connectivity index (χ0) is 13.8. The molecule has 2 atom stereocenters. The standard InChI is InChI=1S/C16H24N2O/c1-3-10-18(16(19)12(2)17)15-9-8-13-6-4-5-7-14(13)11-15/h4-7,12,15H,3,8-11,17H2,1-2H3/t12-,15-/m0/s1. The summed E-state index contributed by atoms with van der Waals surface area (Å²) in [6, 6.07) is 8.47. The van der Waals surface area contributed by atoms with Crippen molar-refractivity contribution in [1.82, 2.24) is 4.90 Å². The minimum atomic E-state index is -0.399. The van der Waals surface area contributed by atoms with E-state index in [0.717, 1.165) is 32.2 Å². The lowest BCUT2D eigenvalue weighted by Gasteiger charge is -2.36. The highest BCUT2D eigenvalue weighted by Gasteiger charge is 2.28. The topological polar surface area (TPSA) is 46.3 Å². The first-order valence-corrected chi connectivity index (χ1v) is 7.26. The third kappa shape index (κ3) is 3.16. The first-order chi connectivity index (χ1) is 9.13. The summed E-state index contributed by atoms with van der Waals surface area (Å²) in [5, 5.41) is 0. The lowest BCUT2D eigenvalue weighted by atomic mass is 9.87. The van der Waals surface area contributed by atoms with Crippen molar-refractivity contribution in [3.63, 3.8) is 0 Å². The molecule has 0 bridgehead atoms. The van der Waals surface area contributed by atoms with Gasteiger partial charge in [0.25, 0.3) is 0 Å². The number of hydrogen-bond acceptors (Lipinski definition) is 2. The van der Waals surface area contributed by atoms with Crippen LogP contribution in [-0.4, -0.2) is 29.4 Å². The Morgan fingerprint density at radius 3 is 2.74 bits per heavy atom. The summed E-state index contributed by atoms with van der Waals surface area (Å²) in [7, 11) is 0. The van der Waals surface area contributed by atoms with E-state index in [-0.39, 0.29) is 5.91 Å². The van der Waals surface area contributed by atoms with Crippen molar-refractivity contribution in [2.24, 2.45) is 5.73 Å². The second-order valence-electron chi connectivity index (χ2n) is 5.49. The van der Waals surface area contributed by atoms with Crippen LogP contribution in [0.3, 0.4) is 0 Å². The molecule has 1 amide bonds. The van der Waals surface area contributed by atoms with Gasteiger partial charge in [0.2, 0.25) is 5.91 Å². The van der Waals surface area contributed by atoms with Crippen molar-refractivity contribution in [2.45, 2.75) is 51.6 Å². The van der Waals surface area contributed by atoms with Crippen molar-refractivity contribution < 1.29 is 4.79 Å². The first kappa shape index (κ1) is 14.1. The van der Waals surface area contributed by atoms with E-state index in [2.05, 4.69) is 31.2 Å². The molecule has 1 aliphatic rings. The minimum Gasteiger partial charge on any atom is -0.338 e. The van der Waals surface area contributed by atoms with Crippen LogP contribution in [0.25, 0.3) is 0 Å². The summed E-state index contributed by atoms with van der Waals surface area (Å²) < 4.78 is 0. The second kappa shape index (κ2) is 6.20. The molecule has 2 rings (SSSR count). The molecule has 2 N–H and O–H groups in total. The lowest BCUT2D eigenvalue weighted by molar-refractivity contribution is -0.134. The monoisotopic (exact) mass is 260 g/mol. The van der Waals surface area contributed by atoms with E-state index < -0.39 is 6.04 Å². The molecule has 1 aromatic rings.